The van der Waals surface area contributed by atoms with Gasteiger partial charge in [-0.05, 0) is 29.1 Å². The fourth-order valence-corrected chi connectivity index (χ4v) is 3.54. The van der Waals surface area contributed by atoms with Crippen LogP contribution >= 0.6 is 11.6 Å². The van der Waals surface area contributed by atoms with Crippen molar-refractivity contribution in [2.24, 2.45) is 0 Å². The zero-order valence-electron chi connectivity index (χ0n) is 12.3. The molecule has 0 saturated heterocycles. The van der Waals surface area contributed by atoms with Gasteiger partial charge < -0.3 is 4.98 Å². The summed E-state index contributed by atoms with van der Waals surface area (Å²) in [6.07, 6.45) is 0. The fraction of sp³-hybridized carbons (Fsp3) is 0.0625. The molecule has 0 fully saturated rings. The lowest BCUT2D eigenvalue weighted by atomic mass is 10.2. The van der Waals surface area contributed by atoms with Crippen molar-refractivity contribution >= 4 is 32.5 Å². The summed E-state index contributed by atoms with van der Waals surface area (Å²) >= 11 is 6.04. The standard InChI is InChI=1S/C16H13ClN2O4S/c17-13-9-14-12(6-7-16(20)18-14)8-15(13)24(21,22)19-23-10-11-4-2-1-3-5-11/h1-9,19H,10H2,(H,18,20). The monoisotopic (exact) mass is 364 g/mol. The summed E-state index contributed by atoms with van der Waals surface area (Å²) in [5.74, 6) is 0. The molecular formula is C16H13ClN2O4S. The number of nitrogens with one attached hydrogen (secondary N) is 2. The van der Waals surface area contributed by atoms with Crippen LogP contribution in [-0.4, -0.2) is 13.4 Å². The van der Waals surface area contributed by atoms with Crippen LogP contribution < -0.4 is 10.4 Å². The summed E-state index contributed by atoms with van der Waals surface area (Å²) in [6.45, 7) is 0.0819. The van der Waals surface area contributed by atoms with Crippen LogP contribution in [0, 0.1) is 0 Å². The molecule has 1 heterocycles. The zero-order valence-corrected chi connectivity index (χ0v) is 13.9. The van der Waals surface area contributed by atoms with Gasteiger partial charge in [-0.25, -0.2) is 8.42 Å². The number of hydrogen-bond acceptors (Lipinski definition) is 4. The first-order valence-corrected chi connectivity index (χ1v) is 8.82. The predicted molar refractivity (Wildman–Crippen MR) is 91.1 cm³/mol. The van der Waals surface area contributed by atoms with Crippen LogP contribution in [0.4, 0.5) is 0 Å². The van der Waals surface area contributed by atoms with E-state index in [9.17, 15) is 13.2 Å². The lowest BCUT2D eigenvalue weighted by Crippen LogP contribution is -2.24. The Balaban J connectivity index is 1.83. The van der Waals surface area contributed by atoms with Crippen molar-refractivity contribution in [2.45, 2.75) is 11.5 Å². The van der Waals surface area contributed by atoms with Gasteiger partial charge in [-0.2, -0.15) is 0 Å². The minimum absolute atomic E-state index is 0.0137. The first kappa shape index (κ1) is 16.7. The van der Waals surface area contributed by atoms with Crippen LogP contribution in [0.2, 0.25) is 5.02 Å². The molecule has 24 heavy (non-hydrogen) atoms. The van der Waals surface area contributed by atoms with Gasteiger partial charge in [-0.1, -0.05) is 46.8 Å². The molecule has 0 aliphatic rings. The first-order chi connectivity index (χ1) is 11.5. The molecule has 1 aromatic heterocycles. The molecule has 8 heteroatoms. The van der Waals surface area contributed by atoms with Crippen molar-refractivity contribution in [2.75, 3.05) is 0 Å². The number of benzene rings is 2. The number of halogens is 1. The Bertz CT molecular complexity index is 1030. The quantitative estimate of drug-likeness (QED) is 0.681. The van der Waals surface area contributed by atoms with E-state index >= 15 is 0 Å². The number of rotatable bonds is 5. The van der Waals surface area contributed by atoms with E-state index in [1.807, 2.05) is 30.3 Å². The van der Waals surface area contributed by atoms with Crippen LogP contribution in [0.15, 0.2) is 64.3 Å². The molecule has 0 aliphatic heterocycles. The molecule has 0 bridgehead atoms. The van der Waals surface area contributed by atoms with E-state index in [1.54, 1.807) is 0 Å². The molecule has 2 aromatic carbocycles. The summed E-state index contributed by atoms with van der Waals surface area (Å²) in [6, 6.07) is 14.7. The highest BCUT2D eigenvalue weighted by Crippen LogP contribution is 2.26. The van der Waals surface area contributed by atoms with Crippen LogP contribution in [-0.2, 0) is 21.5 Å². The number of pyridine rings is 1. The highest BCUT2D eigenvalue weighted by Gasteiger charge is 2.19. The average Bonchev–Trinajstić information content (AvgIpc) is 2.54. The van der Waals surface area contributed by atoms with Crippen LogP contribution in [0.3, 0.4) is 0 Å². The molecule has 0 aliphatic carbocycles. The third-order valence-electron chi connectivity index (χ3n) is 3.32. The molecule has 124 valence electrons. The van der Waals surface area contributed by atoms with Gasteiger partial charge in [0.15, 0.2) is 0 Å². The Labute approximate surface area is 143 Å². The van der Waals surface area contributed by atoms with Gasteiger partial charge >= 0.3 is 0 Å². The number of H-pyrrole nitrogens is 1. The maximum atomic E-state index is 12.4. The SMILES string of the molecule is O=c1ccc2cc(S(=O)(=O)NOCc3ccccc3)c(Cl)cc2[nH]1. The van der Waals surface area contributed by atoms with E-state index in [-0.39, 0.29) is 22.1 Å². The third kappa shape index (κ3) is 3.65. The summed E-state index contributed by atoms with van der Waals surface area (Å²) in [7, 11) is -3.96. The molecule has 3 aromatic rings. The third-order valence-corrected chi connectivity index (χ3v) is 4.99. The van der Waals surface area contributed by atoms with Gasteiger partial charge in [0.05, 0.1) is 11.6 Å². The molecule has 3 rings (SSSR count). The van der Waals surface area contributed by atoms with Crippen LogP contribution in [0.5, 0.6) is 0 Å². The molecule has 0 saturated carbocycles. The van der Waals surface area contributed by atoms with Gasteiger partial charge in [0, 0.05) is 11.6 Å². The van der Waals surface area contributed by atoms with E-state index < -0.39 is 10.0 Å². The molecule has 0 radical (unpaired) electrons. The van der Waals surface area contributed by atoms with Crippen molar-refractivity contribution in [3.05, 3.63) is 75.5 Å². The number of fused-ring (bicyclic) bond motifs is 1. The highest BCUT2D eigenvalue weighted by molar-refractivity contribution is 7.89. The lowest BCUT2D eigenvalue weighted by Gasteiger charge is -2.10. The van der Waals surface area contributed by atoms with Gasteiger partial charge in [-0.15, -0.1) is 0 Å². The fourth-order valence-electron chi connectivity index (χ4n) is 2.17. The number of aromatic amines is 1. The molecule has 0 atom stereocenters. The molecule has 2 N–H and O–H groups in total. The van der Waals surface area contributed by atoms with Crippen molar-refractivity contribution in [3.8, 4) is 0 Å². The van der Waals surface area contributed by atoms with Crippen LogP contribution in [0.25, 0.3) is 10.9 Å². The van der Waals surface area contributed by atoms with E-state index in [4.69, 9.17) is 16.4 Å². The smallest absolute Gasteiger partial charge is 0.263 e. The van der Waals surface area contributed by atoms with Crippen molar-refractivity contribution < 1.29 is 13.3 Å². The number of sulfonamides is 1. The van der Waals surface area contributed by atoms with Crippen molar-refractivity contribution in [1.29, 1.82) is 0 Å². The Kier molecular flexibility index (Phi) is 4.68. The second kappa shape index (κ2) is 6.74. The maximum Gasteiger partial charge on any atom is 0.263 e. The van der Waals surface area contributed by atoms with Crippen molar-refractivity contribution in [1.82, 2.24) is 9.87 Å². The second-order valence-electron chi connectivity index (χ2n) is 5.05. The highest BCUT2D eigenvalue weighted by atomic mass is 35.5. The summed E-state index contributed by atoms with van der Waals surface area (Å²) < 4.78 is 24.7. The molecular weight excluding hydrogens is 352 g/mol. The normalized spacial score (nSPS) is 11.7. The lowest BCUT2D eigenvalue weighted by molar-refractivity contribution is 0.0795. The van der Waals surface area contributed by atoms with E-state index in [2.05, 4.69) is 9.87 Å². The molecule has 0 spiro atoms. The predicted octanol–water partition coefficient (Wildman–Crippen LogP) is 2.59. The van der Waals surface area contributed by atoms with E-state index in [1.165, 1.54) is 24.3 Å². The van der Waals surface area contributed by atoms with Gasteiger partial charge in [0.25, 0.3) is 10.0 Å². The summed E-state index contributed by atoms with van der Waals surface area (Å²) in [5, 5.41) is 0.530. The number of hydrogen-bond donors (Lipinski definition) is 2. The van der Waals surface area contributed by atoms with Crippen LogP contribution in [0.1, 0.15) is 5.56 Å². The Hall–Kier alpha value is -2.19. The molecule has 6 nitrogen and oxygen atoms in total. The van der Waals surface area contributed by atoms with Gasteiger partial charge in [0.1, 0.15) is 4.90 Å². The van der Waals surface area contributed by atoms with E-state index in [0.717, 1.165) is 5.56 Å². The molecule has 0 amide bonds. The summed E-state index contributed by atoms with van der Waals surface area (Å²) in [5.41, 5.74) is 0.984. The Morgan fingerprint density at radius 3 is 2.58 bits per heavy atom. The van der Waals surface area contributed by atoms with Gasteiger partial charge in [-0.3, -0.25) is 9.63 Å². The second-order valence-corrected chi connectivity index (χ2v) is 7.07. The average molecular weight is 365 g/mol. The van der Waals surface area contributed by atoms with E-state index in [0.29, 0.717) is 10.9 Å². The Morgan fingerprint density at radius 2 is 1.83 bits per heavy atom. The summed E-state index contributed by atoms with van der Waals surface area (Å²) in [4.78, 5) is 20.9. The minimum Gasteiger partial charge on any atom is -0.322 e. The minimum atomic E-state index is -3.96. The number of aromatic nitrogens is 1. The first-order valence-electron chi connectivity index (χ1n) is 6.96. The largest absolute Gasteiger partial charge is 0.322 e. The maximum absolute atomic E-state index is 12.4. The Morgan fingerprint density at radius 1 is 1.08 bits per heavy atom. The van der Waals surface area contributed by atoms with Crippen molar-refractivity contribution in [3.63, 3.8) is 0 Å². The van der Waals surface area contributed by atoms with Gasteiger partial charge in [0.2, 0.25) is 5.56 Å². The topological polar surface area (TPSA) is 88.3 Å². The molecule has 0 unspecified atom stereocenters. The zero-order chi connectivity index (χ0) is 17.2.